The third-order valence-corrected chi connectivity index (χ3v) is 7.01. The minimum atomic E-state index is -2.85. The Balaban J connectivity index is 2.94. The lowest BCUT2D eigenvalue weighted by Crippen LogP contribution is -2.25. The maximum absolute atomic E-state index is 12.3. The largest absolute Gasteiger partial charge is 0.228 e. The molecule has 1 heterocycles. The molecule has 0 spiro atoms. The average Bonchev–Trinajstić information content (AvgIpc) is 2.32. The van der Waals surface area contributed by atoms with E-state index in [4.69, 9.17) is 0 Å². The van der Waals surface area contributed by atoms with E-state index in [2.05, 4.69) is 27.7 Å². The molecular formula is C12H24O2S. The van der Waals surface area contributed by atoms with Crippen LogP contribution in [-0.4, -0.2) is 18.9 Å². The fourth-order valence-electron chi connectivity index (χ4n) is 2.92. The van der Waals surface area contributed by atoms with Crippen molar-refractivity contribution in [2.24, 2.45) is 11.8 Å². The van der Waals surface area contributed by atoms with Gasteiger partial charge in [-0.2, -0.15) is 0 Å². The standard InChI is InChI=1S/C12H24O2S/c1-5-7-11-9(3)10(4)12(8-6-2)15(11,13)14/h9-12H,5-8H2,1-4H3. The van der Waals surface area contributed by atoms with E-state index >= 15 is 0 Å². The Morgan fingerprint density at radius 2 is 1.20 bits per heavy atom. The van der Waals surface area contributed by atoms with Crippen LogP contribution in [0, 0.1) is 11.8 Å². The van der Waals surface area contributed by atoms with Crippen molar-refractivity contribution in [3.8, 4) is 0 Å². The molecule has 0 aromatic rings. The van der Waals surface area contributed by atoms with Crippen LogP contribution in [0.15, 0.2) is 0 Å². The van der Waals surface area contributed by atoms with E-state index in [0.717, 1.165) is 25.7 Å². The van der Waals surface area contributed by atoms with Gasteiger partial charge in [-0.1, -0.05) is 40.5 Å². The predicted molar refractivity (Wildman–Crippen MR) is 64.6 cm³/mol. The third-order valence-electron chi connectivity index (χ3n) is 3.99. The van der Waals surface area contributed by atoms with Crippen LogP contribution in [0.2, 0.25) is 0 Å². The van der Waals surface area contributed by atoms with Gasteiger partial charge < -0.3 is 0 Å². The Hall–Kier alpha value is -0.0500. The summed E-state index contributed by atoms with van der Waals surface area (Å²) in [4.78, 5) is 0. The highest BCUT2D eigenvalue weighted by Gasteiger charge is 2.49. The first-order valence-electron chi connectivity index (χ1n) is 6.19. The summed E-state index contributed by atoms with van der Waals surface area (Å²) < 4.78 is 24.6. The van der Waals surface area contributed by atoms with E-state index in [1.807, 2.05) is 0 Å². The van der Waals surface area contributed by atoms with Crippen molar-refractivity contribution in [3.05, 3.63) is 0 Å². The van der Waals surface area contributed by atoms with E-state index in [0.29, 0.717) is 11.8 Å². The molecule has 90 valence electrons. The molecule has 3 heteroatoms. The van der Waals surface area contributed by atoms with Gasteiger partial charge in [0.15, 0.2) is 9.84 Å². The molecule has 1 aliphatic rings. The Bertz CT molecular complexity index is 271. The van der Waals surface area contributed by atoms with Crippen molar-refractivity contribution in [1.29, 1.82) is 0 Å². The summed E-state index contributed by atoms with van der Waals surface area (Å²) in [6.45, 7) is 8.36. The first-order chi connectivity index (χ1) is 6.96. The van der Waals surface area contributed by atoms with Gasteiger partial charge in [0.1, 0.15) is 0 Å². The van der Waals surface area contributed by atoms with Gasteiger partial charge in [-0.05, 0) is 24.7 Å². The maximum atomic E-state index is 12.3. The highest BCUT2D eigenvalue weighted by molar-refractivity contribution is 7.93. The molecule has 0 aromatic heterocycles. The second-order valence-electron chi connectivity index (χ2n) is 4.96. The highest BCUT2D eigenvalue weighted by atomic mass is 32.2. The van der Waals surface area contributed by atoms with Crippen molar-refractivity contribution in [3.63, 3.8) is 0 Å². The summed E-state index contributed by atoms with van der Waals surface area (Å²) in [7, 11) is -2.85. The fraction of sp³-hybridized carbons (Fsp3) is 1.00. The van der Waals surface area contributed by atoms with Crippen LogP contribution in [0.4, 0.5) is 0 Å². The molecule has 0 aliphatic carbocycles. The smallest absolute Gasteiger partial charge is 0.156 e. The molecule has 1 saturated heterocycles. The van der Waals surface area contributed by atoms with Crippen LogP contribution in [-0.2, 0) is 9.84 Å². The number of hydrogen-bond donors (Lipinski definition) is 0. The molecule has 4 unspecified atom stereocenters. The maximum Gasteiger partial charge on any atom is 0.156 e. The van der Waals surface area contributed by atoms with Crippen molar-refractivity contribution >= 4 is 9.84 Å². The molecule has 2 nitrogen and oxygen atoms in total. The Morgan fingerprint density at radius 1 is 0.867 bits per heavy atom. The van der Waals surface area contributed by atoms with Crippen LogP contribution in [0.25, 0.3) is 0 Å². The van der Waals surface area contributed by atoms with Gasteiger partial charge in [0, 0.05) is 0 Å². The molecule has 0 N–H and O–H groups in total. The molecule has 0 aromatic carbocycles. The van der Waals surface area contributed by atoms with Gasteiger partial charge in [-0.15, -0.1) is 0 Å². The van der Waals surface area contributed by atoms with Crippen molar-refractivity contribution in [1.82, 2.24) is 0 Å². The zero-order chi connectivity index (χ0) is 11.6. The molecule has 15 heavy (non-hydrogen) atoms. The van der Waals surface area contributed by atoms with Gasteiger partial charge in [-0.25, -0.2) is 8.42 Å². The van der Waals surface area contributed by atoms with Crippen molar-refractivity contribution < 1.29 is 8.42 Å². The number of rotatable bonds is 4. The second-order valence-corrected chi connectivity index (χ2v) is 7.35. The number of hydrogen-bond acceptors (Lipinski definition) is 2. The molecule has 4 atom stereocenters. The van der Waals surface area contributed by atoms with Crippen LogP contribution < -0.4 is 0 Å². The van der Waals surface area contributed by atoms with E-state index in [1.54, 1.807) is 0 Å². The van der Waals surface area contributed by atoms with Gasteiger partial charge in [-0.3, -0.25) is 0 Å². The van der Waals surface area contributed by atoms with Crippen LogP contribution in [0.5, 0.6) is 0 Å². The van der Waals surface area contributed by atoms with Crippen molar-refractivity contribution in [2.75, 3.05) is 0 Å². The third kappa shape index (κ3) is 2.22. The summed E-state index contributed by atoms with van der Waals surface area (Å²) in [6, 6.07) is 0. The summed E-state index contributed by atoms with van der Waals surface area (Å²) in [5.74, 6) is 0.679. The first kappa shape index (κ1) is 13.0. The SMILES string of the molecule is CCCC1C(C)C(C)C(CCC)S1(=O)=O. The molecule has 0 amide bonds. The van der Waals surface area contributed by atoms with E-state index < -0.39 is 9.84 Å². The van der Waals surface area contributed by atoms with Crippen LogP contribution >= 0.6 is 0 Å². The average molecular weight is 232 g/mol. The van der Waals surface area contributed by atoms with Gasteiger partial charge in [0.05, 0.1) is 10.5 Å². The zero-order valence-electron chi connectivity index (χ0n) is 10.4. The summed E-state index contributed by atoms with van der Waals surface area (Å²) >= 11 is 0. The highest BCUT2D eigenvalue weighted by Crippen LogP contribution is 2.41. The minimum Gasteiger partial charge on any atom is -0.228 e. The molecule has 0 radical (unpaired) electrons. The molecule has 1 fully saturated rings. The second kappa shape index (κ2) is 4.86. The number of sulfone groups is 1. The lowest BCUT2D eigenvalue weighted by molar-refractivity contribution is 0.376. The van der Waals surface area contributed by atoms with E-state index in [9.17, 15) is 8.42 Å². The molecule has 1 rings (SSSR count). The molecule has 1 aliphatic heterocycles. The molecule has 0 bridgehead atoms. The summed E-state index contributed by atoms with van der Waals surface area (Å²) in [6.07, 6.45) is 3.63. The zero-order valence-corrected chi connectivity index (χ0v) is 11.2. The lowest BCUT2D eigenvalue weighted by Gasteiger charge is -2.15. The van der Waals surface area contributed by atoms with Crippen molar-refractivity contribution in [2.45, 2.75) is 63.9 Å². The normalized spacial score (nSPS) is 39.5. The quantitative estimate of drug-likeness (QED) is 0.746. The van der Waals surface area contributed by atoms with Crippen LogP contribution in [0.3, 0.4) is 0 Å². The van der Waals surface area contributed by atoms with E-state index in [-0.39, 0.29) is 10.5 Å². The Labute approximate surface area is 94.4 Å². The predicted octanol–water partition coefficient (Wildman–Crippen LogP) is 3.02. The van der Waals surface area contributed by atoms with E-state index in [1.165, 1.54) is 0 Å². The Kier molecular flexibility index (Phi) is 4.21. The Morgan fingerprint density at radius 3 is 1.47 bits per heavy atom. The topological polar surface area (TPSA) is 34.1 Å². The first-order valence-corrected chi connectivity index (χ1v) is 7.80. The molecule has 0 saturated carbocycles. The fourth-order valence-corrected chi connectivity index (χ4v) is 6.19. The molecular weight excluding hydrogens is 208 g/mol. The minimum absolute atomic E-state index is 0.0750. The van der Waals surface area contributed by atoms with Gasteiger partial charge in [0.25, 0.3) is 0 Å². The van der Waals surface area contributed by atoms with Gasteiger partial charge in [0.2, 0.25) is 0 Å². The van der Waals surface area contributed by atoms with Gasteiger partial charge >= 0.3 is 0 Å². The lowest BCUT2D eigenvalue weighted by atomic mass is 9.87. The monoisotopic (exact) mass is 232 g/mol. The summed E-state index contributed by atoms with van der Waals surface area (Å²) in [5.41, 5.74) is 0. The van der Waals surface area contributed by atoms with Crippen LogP contribution in [0.1, 0.15) is 53.4 Å². The summed E-state index contributed by atoms with van der Waals surface area (Å²) in [5, 5.41) is -0.150.